The molecule has 5 rings (SSSR count). The number of aromatic amines is 1. The van der Waals surface area contributed by atoms with Crippen molar-refractivity contribution in [3.8, 4) is 11.3 Å². The van der Waals surface area contributed by atoms with Gasteiger partial charge >= 0.3 is 5.97 Å². The van der Waals surface area contributed by atoms with Crippen molar-refractivity contribution >= 4 is 35.1 Å². The Kier molecular flexibility index (Phi) is 8.78. The first-order valence-electron chi connectivity index (χ1n) is 13.4. The van der Waals surface area contributed by atoms with Gasteiger partial charge in [0.1, 0.15) is 12.4 Å². The molecule has 1 saturated heterocycles. The fraction of sp³-hybridized carbons (Fsp3) is 0.188. The van der Waals surface area contributed by atoms with Crippen molar-refractivity contribution in [2.45, 2.75) is 18.8 Å². The molecule has 3 aromatic carbocycles. The number of hydrogen-bond acceptors (Lipinski definition) is 5. The highest BCUT2D eigenvalue weighted by Gasteiger charge is 2.26. The molecule has 0 unspecified atom stereocenters. The number of nitrogens with zero attached hydrogens (tertiary/aromatic N) is 2. The van der Waals surface area contributed by atoms with Crippen molar-refractivity contribution in [3.63, 3.8) is 0 Å². The van der Waals surface area contributed by atoms with Gasteiger partial charge in [-0.1, -0.05) is 36.4 Å². The molecule has 0 aliphatic carbocycles. The Hall–Kier alpha value is -4.76. The second kappa shape index (κ2) is 12.8. The normalized spacial score (nSPS) is 13.4. The van der Waals surface area contributed by atoms with E-state index in [4.69, 9.17) is 16.3 Å². The number of aromatic nitrogens is 2. The monoisotopic (exact) mass is 586 g/mol. The summed E-state index contributed by atoms with van der Waals surface area (Å²) in [5.74, 6) is -1.19. The number of carbonyl (C=O) groups is 3. The molecule has 1 fully saturated rings. The molecule has 0 saturated carbocycles. The summed E-state index contributed by atoms with van der Waals surface area (Å²) < 4.78 is 18.4. The predicted molar refractivity (Wildman–Crippen MR) is 158 cm³/mol. The number of nitrogens with one attached hydrogen (secondary N) is 2. The number of benzene rings is 3. The molecule has 0 bridgehead atoms. The van der Waals surface area contributed by atoms with Crippen molar-refractivity contribution in [1.29, 1.82) is 0 Å². The van der Waals surface area contributed by atoms with Crippen molar-refractivity contribution in [1.82, 2.24) is 15.1 Å². The Morgan fingerprint density at radius 2 is 1.76 bits per heavy atom. The van der Waals surface area contributed by atoms with Crippen molar-refractivity contribution in [3.05, 3.63) is 119 Å². The van der Waals surface area contributed by atoms with E-state index in [2.05, 4.69) is 22.1 Å². The second-order valence-corrected chi connectivity index (χ2v) is 10.3. The van der Waals surface area contributed by atoms with E-state index < -0.39 is 11.9 Å². The van der Waals surface area contributed by atoms with Gasteiger partial charge in [0.05, 0.1) is 33.6 Å². The number of hydrogen-bond donors (Lipinski definition) is 2. The molecule has 4 aromatic rings. The van der Waals surface area contributed by atoms with Crippen molar-refractivity contribution in [2.24, 2.45) is 0 Å². The minimum Gasteiger partial charge on any atom is -0.458 e. The van der Waals surface area contributed by atoms with Gasteiger partial charge in [-0.05, 0) is 78.9 Å². The summed E-state index contributed by atoms with van der Waals surface area (Å²) in [5, 5.41) is 9.84. The Balaban J connectivity index is 1.22. The minimum atomic E-state index is -0.440. The molecule has 0 radical (unpaired) electrons. The third kappa shape index (κ3) is 6.42. The molecule has 1 aliphatic rings. The fourth-order valence-corrected chi connectivity index (χ4v) is 5.15. The average Bonchev–Trinajstić information content (AvgIpc) is 3.51. The van der Waals surface area contributed by atoms with Crippen LogP contribution in [0.15, 0.2) is 85.6 Å². The lowest BCUT2D eigenvalue weighted by atomic mass is 9.88. The molecule has 2 N–H and O–H groups in total. The van der Waals surface area contributed by atoms with E-state index in [1.165, 1.54) is 24.4 Å². The van der Waals surface area contributed by atoms with Crippen LogP contribution in [0.1, 0.15) is 55.4 Å². The van der Waals surface area contributed by atoms with Gasteiger partial charge in [-0.2, -0.15) is 5.10 Å². The van der Waals surface area contributed by atoms with Gasteiger partial charge < -0.3 is 15.0 Å². The molecular formula is C32H28ClFN4O4. The number of anilines is 1. The van der Waals surface area contributed by atoms with Gasteiger partial charge in [-0.15, -0.1) is 0 Å². The quantitative estimate of drug-likeness (QED) is 0.181. The van der Waals surface area contributed by atoms with Crippen LogP contribution in [0.5, 0.6) is 0 Å². The zero-order valence-corrected chi connectivity index (χ0v) is 23.4. The molecule has 0 spiro atoms. The largest absolute Gasteiger partial charge is 0.458 e. The smallest absolute Gasteiger partial charge is 0.338 e. The van der Waals surface area contributed by atoms with Gasteiger partial charge in [0, 0.05) is 24.3 Å². The molecule has 1 aromatic heterocycles. The first kappa shape index (κ1) is 28.8. The number of halogens is 2. The van der Waals surface area contributed by atoms with Crippen molar-refractivity contribution < 1.29 is 23.5 Å². The number of carbonyl (C=O) groups excluding carboxylic acids is 3. The molecular weight excluding hydrogens is 559 g/mol. The lowest BCUT2D eigenvalue weighted by Crippen LogP contribution is -2.38. The van der Waals surface area contributed by atoms with Gasteiger partial charge in [0.25, 0.3) is 11.8 Å². The number of rotatable bonds is 8. The van der Waals surface area contributed by atoms with Crippen LogP contribution < -0.4 is 5.32 Å². The van der Waals surface area contributed by atoms with E-state index in [-0.39, 0.29) is 34.8 Å². The zero-order valence-electron chi connectivity index (χ0n) is 22.6. The molecule has 10 heteroatoms. The summed E-state index contributed by atoms with van der Waals surface area (Å²) in [5.41, 5.74) is 3.60. The second-order valence-electron chi connectivity index (χ2n) is 9.89. The lowest BCUT2D eigenvalue weighted by Gasteiger charge is -2.32. The van der Waals surface area contributed by atoms with E-state index in [0.29, 0.717) is 41.2 Å². The van der Waals surface area contributed by atoms with Gasteiger partial charge in [-0.3, -0.25) is 14.7 Å². The Morgan fingerprint density at radius 3 is 2.45 bits per heavy atom. The molecule has 214 valence electrons. The van der Waals surface area contributed by atoms with Gasteiger partial charge in [0.15, 0.2) is 0 Å². The van der Waals surface area contributed by atoms with Crippen LogP contribution in [0.3, 0.4) is 0 Å². The van der Waals surface area contributed by atoms with Crippen LogP contribution in [-0.2, 0) is 4.74 Å². The van der Waals surface area contributed by atoms with Gasteiger partial charge in [-0.25, -0.2) is 9.18 Å². The van der Waals surface area contributed by atoms with E-state index in [1.54, 1.807) is 47.4 Å². The molecule has 2 amide bonds. The van der Waals surface area contributed by atoms with Crippen LogP contribution >= 0.6 is 11.6 Å². The number of likely N-dealkylation sites (tertiary alicyclic amines) is 1. The van der Waals surface area contributed by atoms with E-state index in [9.17, 15) is 18.8 Å². The number of H-pyrrole nitrogens is 1. The average molecular weight is 587 g/mol. The standard InChI is InChI=1S/C32H28ClFN4O4/c1-2-17-42-32(41)23-5-3-20(4-6-23)21-13-15-38(16-14-21)31(40)26-18-25(11-12-28(26)33)36-30(39)27-19-35-37-29(27)22-7-9-24(34)10-8-22/h2-12,18-19,21H,1,13-17H2,(H,35,37)(H,36,39). The SMILES string of the molecule is C=CCOC(=O)c1ccc(C2CCN(C(=O)c3cc(NC(=O)c4cn[nH]c4-c4ccc(F)cc4)ccc3Cl)CC2)cc1. The highest BCUT2D eigenvalue weighted by molar-refractivity contribution is 6.34. The summed E-state index contributed by atoms with van der Waals surface area (Å²) in [6.07, 6.45) is 4.43. The number of amides is 2. The number of esters is 1. The van der Waals surface area contributed by atoms with Crippen molar-refractivity contribution in [2.75, 3.05) is 25.0 Å². The Morgan fingerprint density at radius 1 is 1.05 bits per heavy atom. The van der Waals surface area contributed by atoms with Crippen LogP contribution in [-0.4, -0.2) is 52.6 Å². The third-order valence-corrected chi connectivity index (χ3v) is 7.53. The minimum absolute atomic E-state index is 0.162. The summed E-state index contributed by atoms with van der Waals surface area (Å²) >= 11 is 6.41. The first-order chi connectivity index (χ1) is 20.3. The maximum atomic E-state index is 13.4. The highest BCUT2D eigenvalue weighted by Crippen LogP contribution is 2.31. The lowest BCUT2D eigenvalue weighted by molar-refractivity contribution is 0.0549. The maximum Gasteiger partial charge on any atom is 0.338 e. The maximum absolute atomic E-state index is 13.4. The predicted octanol–water partition coefficient (Wildman–Crippen LogP) is 6.48. The topological polar surface area (TPSA) is 104 Å². The summed E-state index contributed by atoms with van der Waals surface area (Å²) in [6, 6.07) is 17.8. The molecule has 1 aliphatic heterocycles. The number of ether oxygens (including phenoxy) is 1. The number of piperidine rings is 1. The first-order valence-corrected chi connectivity index (χ1v) is 13.8. The van der Waals surface area contributed by atoms with E-state index in [0.717, 1.165) is 18.4 Å². The van der Waals surface area contributed by atoms with Crippen LogP contribution in [0.4, 0.5) is 10.1 Å². The summed E-state index contributed by atoms with van der Waals surface area (Å²) in [4.78, 5) is 40.3. The molecule has 0 atom stereocenters. The van der Waals surface area contributed by atoms with E-state index in [1.807, 2.05) is 12.1 Å². The molecule has 8 nitrogen and oxygen atoms in total. The van der Waals surface area contributed by atoms with Crippen LogP contribution in [0.2, 0.25) is 5.02 Å². The van der Waals surface area contributed by atoms with Crippen LogP contribution in [0.25, 0.3) is 11.3 Å². The Labute approximate surface area is 247 Å². The van der Waals surface area contributed by atoms with Gasteiger partial charge in [0.2, 0.25) is 0 Å². The summed E-state index contributed by atoms with van der Waals surface area (Å²) in [7, 11) is 0. The molecule has 2 heterocycles. The highest BCUT2D eigenvalue weighted by atomic mass is 35.5. The summed E-state index contributed by atoms with van der Waals surface area (Å²) in [6.45, 7) is 4.78. The van der Waals surface area contributed by atoms with E-state index >= 15 is 0 Å². The Bertz CT molecular complexity index is 1610. The zero-order chi connectivity index (χ0) is 29.6. The fourth-order valence-electron chi connectivity index (χ4n) is 4.96. The molecule has 42 heavy (non-hydrogen) atoms. The third-order valence-electron chi connectivity index (χ3n) is 7.20. The van der Waals surface area contributed by atoms with Crippen LogP contribution in [0, 0.1) is 5.82 Å².